The molecule has 0 aliphatic rings. The maximum absolute atomic E-state index is 12.7. The summed E-state index contributed by atoms with van der Waals surface area (Å²) in [4.78, 5) is 0. The summed E-state index contributed by atoms with van der Waals surface area (Å²) in [5, 5.41) is 0.00650. The van der Waals surface area contributed by atoms with Crippen LogP contribution in [0.25, 0.3) is 0 Å². The zero-order valence-corrected chi connectivity index (χ0v) is 6.79. The molecule has 0 unspecified atom stereocenters. The van der Waals surface area contributed by atoms with E-state index in [2.05, 4.69) is 4.74 Å². The van der Waals surface area contributed by atoms with Crippen molar-refractivity contribution in [2.24, 2.45) is 0 Å². The molecule has 0 fully saturated rings. The number of alkyl halides is 3. The van der Waals surface area contributed by atoms with E-state index in [1.807, 2.05) is 0 Å². The van der Waals surface area contributed by atoms with E-state index in [1.165, 1.54) is 0 Å². The van der Waals surface area contributed by atoms with Crippen LogP contribution < -0.4 is 4.74 Å². The van der Waals surface area contributed by atoms with Crippen molar-refractivity contribution >= 4 is 11.6 Å². The van der Waals surface area contributed by atoms with E-state index in [0.29, 0.717) is 0 Å². The lowest BCUT2D eigenvalue weighted by Gasteiger charge is -2.09. The molecule has 0 N–H and O–H groups in total. The summed E-state index contributed by atoms with van der Waals surface area (Å²) in [5.74, 6) is -2.04. The van der Waals surface area contributed by atoms with Crippen molar-refractivity contribution < 1.29 is 22.3 Å². The molecular weight excluding hydrogens is 212 g/mol. The van der Waals surface area contributed by atoms with Crippen molar-refractivity contribution in [1.29, 1.82) is 0 Å². The van der Waals surface area contributed by atoms with Gasteiger partial charge < -0.3 is 4.74 Å². The lowest BCUT2D eigenvalue weighted by atomic mass is 10.3. The molecule has 6 heteroatoms. The number of ether oxygens (including phenoxy) is 1. The van der Waals surface area contributed by atoms with Crippen LogP contribution >= 0.6 is 11.6 Å². The highest BCUT2D eigenvalue weighted by Gasteiger charge is 2.32. The Labute approximate surface area is 75.9 Å². The van der Waals surface area contributed by atoms with Gasteiger partial charge in [-0.15, -0.1) is 13.2 Å². The van der Waals surface area contributed by atoms with Crippen LogP contribution in [-0.2, 0) is 0 Å². The normalized spacial score (nSPS) is 11.5. The Hall–Kier alpha value is -0.970. The molecule has 1 aromatic rings. The van der Waals surface area contributed by atoms with Crippen molar-refractivity contribution in [2.75, 3.05) is 0 Å². The van der Waals surface area contributed by atoms with Gasteiger partial charge >= 0.3 is 6.36 Å². The van der Waals surface area contributed by atoms with Gasteiger partial charge in [0.05, 0.1) is 0 Å². The number of hydrogen-bond donors (Lipinski definition) is 0. The topological polar surface area (TPSA) is 9.23 Å². The molecule has 0 aliphatic carbocycles. The molecule has 0 heterocycles. The monoisotopic (exact) mass is 214 g/mol. The van der Waals surface area contributed by atoms with Gasteiger partial charge in [0.1, 0.15) is 0 Å². The first-order chi connectivity index (χ1) is 5.88. The molecule has 0 saturated carbocycles. The third kappa shape index (κ3) is 3.10. The molecular formula is C7H3ClF4O. The third-order valence-electron chi connectivity index (χ3n) is 1.12. The second-order valence-electron chi connectivity index (χ2n) is 2.12. The van der Waals surface area contributed by atoms with Gasteiger partial charge in [-0.2, -0.15) is 0 Å². The molecule has 1 aromatic carbocycles. The SMILES string of the molecule is Fc1cc(Cl)ccc1OC(F)(F)F. The minimum atomic E-state index is -4.89. The van der Waals surface area contributed by atoms with Gasteiger partial charge in [-0.25, -0.2) is 4.39 Å². The standard InChI is InChI=1S/C7H3ClF4O/c8-4-1-2-6(5(9)3-4)13-7(10,11)12/h1-3H. The van der Waals surface area contributed by atoms with E-state index in [4.69, 9.17) is 11.6 Å². The second kappa shape index (κ2) is 3.41. The number of rotatable bonds is 1. The molecule has 72 valence electrons. The fraction of sp³-hybridized carbons (Fsp3) is 0.143. The van der Waals surface area contributed by atoms with Crippen LogP contribution in [-0.4, -0.2) is 6.36 Å². The van der Waals surface area contributed by atoms with Crippen LogP contribution in [0.4, 0.5) is 17.6 Å². The largest absolute Gasteiger partial charge is 0.573 e. The van der Waals surface area contributed by atoms with E-state index in [0.717, 1.165) is 18.2 Å². The quantitative estimate of drug-likeness (QED) is 0.651. The highest BCUT2D eigenvalue weighted by atomic mass is 35.5. The van der Waals surface area contributed by atoms with Crippen molar-refractivity contribution in [2.45, 2.75) is 6.36 Å². The zero-order chi connectivity index (χ0) is 10.1. The Bertz CT molecular complexity index is 310. The minimum Gasteiger partial charge on any atom is -0.403 e. The van der Waals surface area contributed by atoms with E-state index < -0.39 is 17.9 Å². The predicted octanol–water partition coefficient (Wildman–Crippen LogP) is 3.38. The fourth-order valence-corrected chi connectivity index (χ4v) is 0.841. The predicted molar refractivity (Wildman–Crippen MR) is 38.1 cm³/mol. The summed E-state index contributed by atoms with van der Waals surface area (Å²) < 4.78 is 50.8. The summed E-state index contributed by atoms with van der Waals surface area (Å²) in [7, 11) is 0. The van der Waals surface area contributed by atoms with Crippen molar-refractivity contribution in [3.05, 3.63) is 29.0 Å². The van der Waals surface area contributed by atoms with Gasteiger partial charge in [-0.3, -0.25) is 0 Å². The first-order valence-electron chi connectivity index (χ1n) is 3.09. The first-order valence-corrected chi connectivity index (χ1v) is 3.47. The van der Waals surface area contributed by atoms with Gasteiger partial charge in [-0.1, -0.05) is 11.6 Å². The Morgan fingerprint density at radius 3 is 2.31 bits per heavy atom. The molecule has 0 bridgehead atoms. The average molecular weight is 215 g/mol. The number of benzene rings is 1. The van der Waals surface area contributed by atoms with Crippen LogP contribution in [0.5, 0.6) is 5.75 Å². The fourth-order valence-electron chi connectivity index (χ4n) is 0.683. The summed E-state index contributed by atoms with van der Waals surface area (Å²) >= 11 is 5.31. The summed E-state index contributed by atoms with van der Waals surface area (Å²) in [6, 6.07) is 2.65. The summed E-state index contributed by atoms with van der Waals surface area (Å²) in [6.07, 6.45) is -4.89. The van der Waals surface area contributed by atoms with E-state index >= 15 is 0 Å². The molecule has 0 atom stereocenters. The highest BCUT2D eigenvalue weighted by molar-refractivity contribution is 6.30. The molecule has 0 aromatic heterocycles. The van der Waals surface area contributed by atoms with Crippen molar-refractivity contribution in [3.63, 3.8) is 0 Å². The Kier molecular flexibility index (Phi) is 2.66. The maximum Gasteiger partial charge on any atom is 0.573 e. The lowest BCUT2D eigenvalue weighted by molar-refractivity contribution is -0.275. The van der Waals surface area contributed by atoms with E-state index in [1.54, 1.807) is 0 Å². The van der Waals surface area contributed by atoms with E-state index in [9.17, 15) is 17.6 Å². The zero-order valence-electron chi connectivity index (χ0n) is 6.03. The minimum absolute atomic E-state index is 0.00650. The molecule has 0 radical (unpaired) electrons. The van der Waals surface area contributed by atoms with Crippen LogP contribution in [0.1, 0.15) is 0 Å². The number of hydrogen-bond acceptors (Lipinski definition) is 1. The van der Waals surface area contributed by atoms with Crippen LogP contribution in [0.15, 0.2) is 18.2 Å². The van der Waals surface area contributed by atoms with E-state index in [-0.39, 0.29) is 5.02 Å². The maximum atomic E-state index is 12.7. The number of halogens is 5. The molecule has 0 saturated heterocycles. The molecule has 13 heavy (non-hydrogen) atoms. The van der Waals surface area contributed by atoms with Crippen LogP contribution in [0, 0.1) is 5.82 Å². The van der Waals surface area contributed by atoms with Gasteiger partial charge in [0.2, 0.25) is 0 Å². The second-order valence-corrected chi connectivity index (χ2v) is 2.56. The average Bonchev–Trinajstić information content (AvgIpc) is 1.93. The Morgan fingerprint density at radius 1 is 1.23 bits per heavy atom. The van der Waals surface area contributed by atoms with Crippen LogP contribution in [0.3, 0.4) is 0 Å². The van der Waals surface area contributed by atoms with Gasteiger partial charge in [0.15, 0.2) is 11.6 Å². The lowest BCUT2D eigenvalue weighted by Crippen LogP contribution is -2.17. The smallest absolute Gasteiger partial charge is 0.403 e. The van der Waals surface area contributed by atoms with Gasteiger partial charge in [0.25, 0.3) is 0 Å². The first kappa shape index (κ1) is 10.1. The third-order valence-corrected chi connectivity index (χ3v) is 1.35. The Morgan fingerprint density at radius 2 is 1.85 bits per heavy atom. The van der Waals surface area contributed by atoms with Gasteiger partial charge in [0, 0.05) is 5.02 Å². The van der Waals surface area contributed by atoms with Gasteiger partial charge in [-0.05, 0) is 18.2 Å². The molecule has 0 amide bonds. The van der Waals surface area contributed by atoms with Crippen LogP contribution in [0.2, 0.25) is 5.02 Å². The molecule has 1 nitrogen and oxygen atoms in total. The van der Waals surface area contributed by atoms with Crippen molar-refractivity contribution in [3.8, 4) is 5.75 Å². The molecule has 0 aliphatic heterocycles. The Balaban J connectivity index is 2.90. The molecule has 1 rings (SSSR count). The summed E-state index contributed by atoms with van der Waals surface area (Å²) in [6.45, 7) is 0. The van der Waals surface area contributed by atoms with Crippen molar-refractivity contribution in [1.82, 2.24) is 0 Å². The molecule has 0 spiro atoms. The summed E-state index contributed by atoms with van der Waals surface area (Å²) in [5.41, 5.74) is 0. The highest BCUT2D eigenvalue weighted by Crippen LogP contribution is 2.27.